The molecule has 0 fully saturated rings. The number of nitrogens with zero attached hydrogens (tertiary/aromatic N) is 1. The van der Waals surface area contributed by atoms with E-state index in [1.165, 1.54) is 40.9 Å². The fourth-order valence-corrected chi connectivity index (χ4v) is 3.28. The van der Waals surface area contributed by atoms with Crippen LogP contribution in [-0.2, 0) is 25.8 Å². The molecule has 0 radical (unpaired) electrons. The van der Waals surface area contributed by atoms with Crippen molar-refractivity contribution < 1.29 is 0 Å². The van der Waals surface area contributed by atoms with Crippen molar-refractivity contribution >= 4 is 11.5 Å². The minimum atomic E-state index is 0.975. The van der Waals surface area contributed by atoms with E-state index in [-0.39, 0.29) is 0 Å². The van der Waals surface area contributed by atoms with E-state index in [9.17, 15) is 0 Å². The van der Waals surface area contributed by atoms with Crippen molar-refractivity contribution in [2.24, 2.45) is 0 Å². The van der Waals surface area contributed by atoms with Crippen LogP contribution in [0.15, 0.2) is 30.3 Å². The molecule has 2 N–H and O–H groups in total. The van der Waals surface area contributed by atoms with Crippen molar-refractivity contribution in [3.05, 3.63) is 52.7 Å². The fraction of sp³-hybridized carbons (Fsp3) is 0.353. The molecule has 102 valence electrons. The lowest BCUT2D eigenvalue weighted by Crippen LogP contribution is -2.24. The summed E-state index contributed by atoms with van der Waals surface area (Å²) in [6.07, 6.45) is 4.65. The molecule has 4 rings (SSSR count). The molecule has 1 aliphatic carbocycles. The number of hydrogen-bond acceptors (Lipinski definition) is 3. The van der Waals surface area contributed by atoms with Crippen LogP contribution in [0.3, 0.4) is 0 Å². The number of fused-ring (bicyclic) bond motifs is 2. The molecule has 3 nitrogen and oxygen atoms in total. The molecule has 1 aliphatic heterocycles. The highest BCUT2D eigenvalue weighted by Crippen LogP contribution is 2.27. The Kier molecular flexibility index (Phi) is 2.92. The molecule has 0 saturated heterocycles. The number of hydrogen-bond donors (Lipinski definition) is 2. The van der Waals surface area contributed by atoms with Crippen LogP contribution in [0.1, 0.15) is 28.8 Å². The first-order chi connectivity index (χ1) is 9.90. The monoisotopic (exact) mass is 265 g/mol. The van der Waals surface area contributed by atoms with Crippen LogP contribution in [0, 0.1) is 0 Å². The lowest BCUT2D eigenvalue weighted by atomic mass is 9.99. The Morgan fingerprint density at radius 2 is 2.00 bits per heavy atom. The Bertz CT molecular complexity index is 649. The van der Waals surface area contributed by atoms with Gasteiger partial charge in [0, 0.05) is 17.9 Å². The third kappa shape index (κ3) is 2.08. The van der Waals surface area contributed by atoms with Crippen LogP contribution in [0.4, 0.5) is 11.5 Å². The van der Waals surface area contributed by atoms with E-state index >= 15 is 0 Å². The van der Waals surface area contributed by atoms with Crippen molar-refractivity contribution in [1.82, 2.24) is 10.3 Å². The van der Waals surface area contributed by atoms with E-state index in [1.54, 1.807) is 0 Å². The number of rotatable bonds is 2. The minimum absolute atomic E-state index is 0.975. The number of anilines is 2. The van der Waals surface area contributed by atoms with Crippen LogP contribution in [0.5, 0.6) is 0 Å². The second kappa shape index (κ2) is 4.91. The summed E-state index contributed by atoms with van der Waals surface area (Å²) < 4.78 is 0. The van der Waals surface area contributed by atoms with Gasteiger partial charge in [-0.05, 0) is 61.1 Å². The van der Waals surface area contributed by atoms with Crippen LogP contribution in [-0.4, -0.2) is 11.5 Å². The summed E-state index contributed by atoms with van der Waals surface area (Å²) >= 11 is 0. The number of aryl methyl sites for hydroxylation is 2. The Morgan fingerprint density at radius 1 is 1.00 bits per heavy atom. The Hall–Kier alpha value is -1.87. The molecule has 3 heteroatoms. The predicted molar refractivity (Wildman–Crippen MR) is 81.4 cm³/mol. The summed E-state index contributed by atoms with van der Waals surface area (Å²) in [7, 11) is 0. The average molecular weight is 265 g/mol. The van der Waals surface area contributed by atoms with E-state index < -0.39 is 0 Å². The molecule has 1 aromatic heterocycles. The first-order valence-corrected chi connectivity index (χ1v) is 7.47. The number of pyridine rings is 1. The molecule has 2 aliphatic rings. The second-order valence-corrected chi connectivity index (χ2v) is 5.65. The number of nitrogens with one attached hydrogen (secondary N) is 2. The molecule has 0 spiro atoms. The summed E-state index contributed by atoms with van der Waals surface area (Å²) in [5.41, 5.74) is 6.77. The zero-order chi connectivity index (χ0) is 13.4. The van der Waals surface area contributed by atoms with Crippen molar-refractivity contribution in [3.63, 3.8) is 0 Å². The van der Waals surface area contributed by atoms with Gasteiger partial charge in [-0.15, -0.1) is 0 Å². The van der Waals surface area contributed by atoms with Gasteiger partial charge in [0.2, 0.25) is 0 Å². The zero-order valence-corrected chi connectivity index (χ0v) is 11.6. The van der Waals surface area contributed by atoms with Gasteiger partial charge in [0.25, 0.3) is 0 Å². The van der Waals surface area contributed by atoms with Gasteiger partial charge in [-0.25, -0.2) is 4.98 Å². The maximum absolute atomic E-state index is 4.77. The maximum atomic E-state index is 4.77. The summed E-state index contributed by atoms with van der Waals surface area (Å²) in [5.74, 6) is 0.984. The van der Waals surface area contributed by atoms with Crippen LogP contribution in [0.25, 0.3) is 0 Å². The van der Waals surface area contributed by atoms with Crippen LogP contribution >= 0.6 is 0 Å². The summed E-state index contributed by atoms with van der Waals surface area (Å²) in [5, 5.41) is 6.95. The number of benzene rings is 1. The van der Waals surface area contributed by atoms with Crippen molar-refractivity contribution in [2.45, 2.75) is 32.2 Å². The van der Waals surface area contributed by atoms with Crippen molar-refractivity contribution in [1.29, 1.82) is 0 Å². The van der Waals surface area contributed by atoms with Gasteiger partial charge in [0.1, 0.15) is 5.82 Å². The number of aromatic nitrogens is 1. The van der Waals surface area contributed by atoms with Gasteiger partial charge >= 0.3 is 0 Å². The first kappa shape index (κ1) is 11.9. The van der Waals surface area contributed by atoms with E-state index in [0.29, 0.717) is 0 Å². The van der Waals surface area contributed by atoms with Crippen molar-refractivity contribution in [2.75, 3.05) is 11.9 Å². The zero-order valence-electron chi connectivity index (χ0n) is 11.6. The molecule has 0 unspecified atom stereocenters. The molecular formula is C17H19N3. The lowest BCUT2D eigenvalue weighted by molar-refractivity contribution is 0.645. The largest absolute Gasteiger partial charge is 0.340 e. The smallest absolute Gasteiger partial charge is 0.130 e. The molecule has 0 saturated carbocycles. The highest BCUT2D eigenvalue weighted by Gasteiger charge is 2.15. The molecule has 20 heavy (non-hydrogen) atoms. The summed E-state index contributed by atoms with van der Waals surface area (Å²) in [4.78, 5) is 4.77. The maximum Gasteiger partial charge on any atom is 0.130 e. The van der Waals surface area contributed by atoms with E-state index in [4.69, 9.17) is 4.98 Å². The quantitative estimate of drug-likeness (QED) is 0.876. The Balaban J connectivity index is 1.66. The van der Waals surface area contributed by atoms with E-state index in [2.05, 4.69) is 41.0 Å². The SMILES string of the molecule is c1cc2c(c(Nc3ccc4c(n3)CCC4)c1)CCNC2. The molecule has 1 aromatic carbocycles. The third-order valence-corrected chi connectivity index (χ3v) is 4.33. The van der Waals surface area contributed by atoms with Gasteiger partial charge in [0.05, 0.1) is 0 Å². The molecule has 2 aromatic rings. The molecular weight excluding hydrogens is 246 g/mol. The van der Waals surface area contributed by atoms with Gasteiger partial charge in [-0.3, -0.25) is 0 Å². The molecule has 0 atom stereocenters. The Morgan fingerprint density at radius 3 is 3.00 bits per heavy atom. The standard InChI is InChI=1S/C17H19N3/c1-3-12-7-8-17(19-15(12)5-1)20-16-6-2-4-13-11-18-10-9-14(13)16/h2,4,6-8,18H,1,3,5,9-11H2,(H,19,20). The van der Waals surface area contributed by atoms with E-state index in [1.807, 2.05) is 0 Å². The summed E-state index contributed by atoms with van der Waals surface area (Å²) in [6.45, 7) is 2.03. The molecule has 0 amide bonds. The lowest BCUT2D eigenvalue weighted by Gasteiger charge is -2.21. The highest BCUT2D eigenvalue weighted by molar-refractivity contribution is 5.63. The van der Waals surface area contributed by atoms with Gasteiger partial charge in [-0.1, -0.05) is 18.2 Å². The average Bonchev–Trinajstić information content (AvgIpc) is 2.95. The summed E-state index contributed by atoms with van der Waals surface area (Å²) in [6, 6.07) is 10.8. The first-order valence-electron chi connectivity index (χ1n) is 7.47. The van der Waals surface area contributed by atoms with Crippen molar-refractivity contribution in [3.8, 4) is 0 Å². The normalized spacial score (nSPS) is 16.6. The molecule has 0 bridgehead atoms. The van der Waals surface area contributed by atoms with Gasteiger partial charge < -0.3 is 10.6 Å². The fourth-order valence-electron chi connectivity index (χ4n) is 3.28. The minimum Gasteiger partial charge on any atom is -0.340 e. The second-order valence-electron chi connectivity index (χ2n) is 5.65. The third-order valence-electron chi connectivity index (χ3n) is 4.33. The topological polar surface area (TPSA) is 37.0 Å². The van der Waals surface area contributed by atoms with Crippen LogP contribution in [0.2, 0.25) is 0 Å². The van der Waals surface area contributed by atoms with E-state index in [0.717, 1.165) is 31.7 Å². The van der Waals surface area contributed by atoms with Gasteiger partial charge in [0.15, 0.2) is 0 Å². The van der Waals surface area contributed by atoms with Crippen LogP contribution < -0.4 is 10.6 Å². The predicted octanol–water partition coefficient (Wildman–Crippen LogP) is 2.96. The van der Waals surface area contributed by atoms with Gasteiger partial charge in [-0.2, -0.15) is 0 Å². The Labute approximate surface area is 119 Å². The highest BCUT2D eigenvalue weighted by atomic mass is 15.0. The molecule has 2 heterocycles.